The average Bonchev–Trinajstić information content (AvgIpc) is 2.47. The molecule has 0 fully saturated rings. The zero-order valence-corrected chi connectivity index (χ0v) is 15.3. The Kier molecular flexibility index (Phi) is 6.43. The van der Waals surface area contributed by atoms with E-state index in [1.807, 2.05) is 48.5 Å². The van der Waals surface area contributed by atoms with Crippen LogP contribution in [0, 0.1) is 7.14 Å². The quantitative estimate of drug-likeness (QED) is 0.372. The molecule has 6 heteroatoms. The Morgan fingerprint density at radius 2 is 1.86 bits per heavy atom. The van der Waals surface area contributed by atoms with Gasteiger partial charge in [-0.3, -0.25) is 4.79 Å². The first-order chi connectivity index (χ1) is 10.1. The van der Waals surface area contributed by atoms with Crippen LogP contribution in [0.1, 0.15) is 5.56 Å². The van der Waals surface area contributed by atoms with Crippen molar-refractivity contribution in [3.63, 3.8) is 0 Å². The molecule has 2 aromatic rings. The minimum atomic E-state index is -0.185. The van der Waals surface area contributed by atoms with Crippen LogP contribution in [0.15, 0.2) is 53.6 Å². The van der Waals surface area contributed by atoms with Crippen LogP contribution in [0.4, 0.5) is 5.69 Å². The molecule has 0 radical (unpaired) electrons. The van der Waals surface area contributed by atoms with E-state index in [-0.39, 0.29) is 12.5 Å². The number of carbonyl (C=O) groups excluding carboxylic acids is 1. The van der Waals surface area contributed by atoms with Crippen molar-refractivity contribution >= 4 is 63.0 Å². The number of rotatable bonds is 5. The van der Waals surface area contributed by atoms with Gasteiger partial charge in [-0.05, 0) is 87.1 Å². The number of nitrogens with zero attached hydrogens (tertiary/aromatic N) is 1. The van der Waals surface area contributed by atoms with Gasteiger partial charge in [0.05, 0.1) is 12.8 Å². The van der Waals surface area contributed by atoms with Gasteiger partial charge in [-0.25, -0.2) is 5.43 Å². The second-order valence-corrected chi connectivity index (χ2v) is 6.70. The predicted molar refractivity (Wildman–Crippen MR) is 103 cm³/mol. The van der Waals surface area contributed by atoms with E-state index in [9.17, 15) is 4.79 Å². The van der Waals surface area contributed by atoms with E-state index in [4.69, 9.17) is 0 Å². The first kappa shape index (κ1) is 16.2. The lowest BCUT2D eigenvalue weighted by Gasteiger charge is -2.05. The number of anilines is 1. The second kappa shape index (κ2) is 8.32. The van der Waals surface area contributed by atoms with Crippen molar-refractivity contribution < 1.29 is 4.79 Å². The molecule has 0 aliphatic heterocycles. The third-order valence-electron chi connectivity index (χ3n) is 2.55. The topological polar surface area (TPSA) is 53.5 Å². The molecule has 0 heterocycles. The molecule has 21 heavy (non-hydrogen) atoms. The van der Waals surface area contributed by atoms with Gasteiger partial charge in [0, 0.05) is 12.8 Å². The molecule has 0 aromatic heterocycles. The molecule has 2 rings (SSSR count). The van der Waals surface area contributed by atoms with E-state index in [0.717, 1.165) is 18.4 Å². The van der Waals surface area contributed by atoms with Gasteiger partial charge in [0.15, 0.2) is 0 Å². The third kappa shape index (κ3) is 6.00. The Bertz CT molecular complexity index is 642. The molecule has 0 aliphatic rings. The van der Waals surface area contributed by atoms with Crippen molar-refractivity contribution in [3.8, 4) is 0 Å². The minimum Gasteiger partial charge on any atom is -0.376 e. The summed E-state index contributed by atoms with van der Waals surface area (Å²) in [4.78, 5) is 11.7. The Hall–Kier alpha value is -1.16. The number of carbonyl (C=O) groups is 1. The van der Waals surface area contributed by atoms with Gasteiger partial charge in [-0.15, -0.1) is 0 Å². The van der Waals surface area contributed by atoms with Crippen molar-refractivity contribution in [1.29, 1.82) is 0 Å². The Morgan fingerprint density at radius 1 is 1.10 bits per heavy atom. The van der Waals surface area contributed by atoms with Gasteiger partial charge in [0.2, 0.25) is 0 Å². The fourth-order valence-electron chi connectivity index (χ4n) is 1.56. The van der Waals surface area contributed by atoms with E-state index in [1.54, 1.807) is 6.21 Å². The molecule has 0 saturated heterocycles. The normalized spacial score (nSPS) is 10.6. The van der Waals surface area contributed by atoms with Crippen molar-refractivity contribution in [2.45, 2.75) is 0 Å². The van der Waals surface area contributed by atoms with Crippen molar-refractivity contribution in [3.05, 3.63) is 61.2 Å². The SMILES string of the molecule is O=C(CNc1ccc(I)cc1)N/N=C/c1cccc(I)c1. The zero-order valence-electron chi connectivity index (χ0n) is 11.0. The van der Waals surface area contributed by atoms with Crippen molar-refractivity contribution in [2.75, 3.05) is 11.9 Å². The van der Waals surface area contributed by atoms with Crippen LogP contribution >= 0.6 is 45.2 Å². The highest BCUT2D eigenvalue weighted by atomic mass is 127. The maximum atomic E-state index is 11.7. The summed E-state index contributed by atoms with van der Waals surface area (Å²) < 4.78 is 2.29. The molecule has 0 bridgehead atoms. The van der Waals surface area contributed by atoms with Crippen molar-refractivity contribution in [1.82, 2.24) is 5.43 Å². The fraction of sp³-hybridized carbons (Fsp3) is 0.0667. The number of benzene rings is 2. The lowest BCUT2D eigenvalue weighted by Crippen LogP contribution is -2.25. The lowest BCUT2D eigenvalue weighted by molar-refractivity contribution is -0.119. The highest BCUT2D eigenvalue weighted by Crippen LogP contribution is 2.10. The fourth-order valence-corrected chi connectivity index (χ4v) is 2.48. The first-order valence-electron chi connectivity index (χ1n) is 6.20. The molecular formula is C15H13I2N3O. The minimum absolute atomic E-state index is 0.185. The number of hydrazone groups is 1. The van der Waals surface area contributed by atoms with Crippen LogP contribution in [0.3, 0.4) is 0 Å². The van der Waals surface area contributed by atoms with Gasteiger partial charge >= 0.3 is 0 Å². The average molecular weight is 505 g/mol. The summed E-state index contributed by atoms with van der Waals surface area (Å²) in [6.45, 7) is 0.185. The van der Waals surface area contributed by atoms with Gasteiger partial charge in [-0.2, -0.15) is 5.10 Å². The van der Waals surface area contributed by atoms with Gasteiger partial charge in [0.1, 0.15) is 0 Å². The zero-order chi connectivity index (χ0) is 15.1. The van der Waals surface area contributed by atoms with Crippen LogP contribution in [-0.2, 0) is 4.79 Å². The summed E-state index contributed by atoms with van der Waals surface area (Å²) in [6, 6.07) is 15.7. The maximum absolute atomic E-state index is 11.7. The monoisotopic (exact) mass is 505 g/mol. The Morgan fingerprint density at radius 3 is 2.57 bits per heavy atom. The third-order valence-corrected chi connectivity index (χ3v) is 3.94. The Balaban J connectivity index is 1.78. The molecule has 1 amide bonds. The van der Waals surface area contributed by atoms with Crippen LogP contribution < -0.4 is 10.7 Å². The molecule has 0 spiro atoms. The number of hydrogen-bond donors (Lipinski definition) is 2. The smallest absolute Gasteiger partial charge is 0.259 e. The molecule has 108 valence electrons. The highest BCUT2D eigenvalue weighted by molar-refractivity contribution is 14.1. The van der Waals surface area contributed by atoms with E-state index < -0.39 is 0 Å². The highest BCUT2D eigenvalue weighted by Gasteiger charge is 1.99. The molecular weight excluding hydrogens is 492 g/mol. The van der Waals surface area contributed by atoms with E-state index in [1.165, 1.54) is 0 Å². The van der Waals surface area contributed by atoms with Crippen LogP contribution in [0.5, 0.6) is 0 Å². The molecule has 0 saturated carbocycles. The van der Waals surface area contributed by atoms with Crippen LogP contribution in [-0.4, -0.2) is 18.7 Å². The van der Waals surface area contributed by atoms with Crippen LogP contribution in [0.25, 0.3) is 0 Å². The van der Waals surface area contributed by atoms with E-state index in [2.05, 4.69) is 61.0 Å². The summed E-state index contributed by atoms with van der Waals surface area (Å²) >= 11 is 4.47. The predicted octanol–water partition coefficient (Wildman–Crippen LogP) is 3.46. The number of amides is 1. The van der Waals surface area contributed by atoms with E-state index >= 15 is 0 Å². The molecule has 2 aromatic carbocycles. The van der Waals surface area contributed by atoms with E-state index in [0.29, 0.717) is 0 Å². The molecule has 0 aliphatic carbocycles. The summed E-state index contributed by atoms with van der Waals surface area (Å²) in [5, 5.41) is 6.98. The summed E-state index contributed by atoms with van der Waals surface area (Å²) in [6.07, 6.45) is 1.63. The second-order valence-electron chi connectivity index (χ2n) is 4.21. The summed E-state index contributed by atoms with van der Waals surface area (Å²) in [5.74, 6) is -0.185. The summed E-state index contributed by atoms with van der Waals surface area (Å²) in [5.41, 5.74) is 4.36. The first-order valence-corrected chi connectivity index (χ1v) is 8.36. The molecule has 2 N–H and O–H groups in total. The van der Waals surface area contributed by atoms with Gasteiger partial charge < -0.3 is 5.32 Å². The van der Waals surface area contributed by atoms with Crippen molar-refractivity contribution in [2.24, 2.45) is 5.10 Å². The molecule has 4 nitrogen and oxygen atoms in total. The number of halogens is 2. The molecule has 0 atom stereocenters. The largest absolute Gasteiger partial charge is 0.376 e. The number of nitrogens with one attached hydrogen (secondary N) is 2. The van der Waals surface area contributed by atoms with Crippen LogP contribution in [0.2, 0.25) is 0 Å². The standard InChI is InChI=1S/C15H13I2N3O/c16-12-4-6-14(7-5-12)18-10-15(21)20-19-9-11-2-1-3-13(17)8-11/h1-9,18H,10H2,(H,20,21)/b19-9+. The van der Waals surface area contributed by atoms with Gasteiger partial charge in [-0.1, -0.05) is 12.1 Å². The Labute approximate surface area is 150 Å². The molecule has 0 unspecified atom stereocenters. The summed E-state index contributed by atoms with van der Waals surface area (Å²) in [7, 11) is 0. The lowest BCUT2D eigenvalue weighted by atomic mass is 10.2. The maximum Gasteiger partial charge on any atom is 0.259 e. The van der Waals surface area contributed by atoms with Gasteiger partial charge in [0.25, 0.3) is 5.91 Å². The number of hydrogen-bond acceptors (Lipinski definition) is 3.